The molecule has 3 aromatic carbocycles. The molecule has 0 saturated heterocycles. The van der Waals surface area contributed by atoms with Crippen LogP contribution in [0.3, 0.4) is 0 Å². The summed E-state index contributed by atoms with van der Waals surface area (Å²) in [5.41, 5.74) is 3.19. The third-order valence-corrected chi connectivity index (χ3v) is 6.16. The maximum atomic E-state index is 8.63. The van der Waals surface area contributed by atoms with E-state index in [1.807, 2.05) is 6.07 Å². The second-order valence-corrected chi connectivity index (χ2v) is 12.2. The number of phenolic OH excluding ortho intramolecular Hbond substituents is 1. The van der Waals surface area contributed by atoms with E-state index in [4.69, 9.17) is 14.6 Å². The number of aromatic hydroxyl groups is 1. The average molecular weight is 560 g/mol. The third kappa shape index (κ3) is 15.6. The summed E-state index contributed by atoms with van der Waals surface area (Å²) < 4.78 is 12.6. The van der Waals surface area contributed by atoms with Gasteiger partial charge in [0, 0.05) is 5.56 Å². The van der Waals surface area contributed by atoms with Crippen LogP contribution in [0.5, 0.6) is 11.5 Å². The van der Waals surface area contributed by atoms with Crippen molar-refractivity contribution < 1.29 is 19.1 Å². The van der Waals surface area contributed by atoms with Crippen molar-refractivity contribution >= 4 is 12.4 Å². The highest BCUT2D eigenvalue weighted by atomic mass is 35.5. The summed E-state index contributed by atoms with van der Waals surface area (Å²) in [5.74, 6) is 1.23. The number of likely N-dealkylation sites (N-methyl/N-ethyl adjacent to an activating group) is 1. The van der Waals surface area contributed by atoms with Gasteiger partial charge in [-0.3, -0.25) is 0 Å². The summed E-state index contributed by atoms with van der Waals surface area (Å²) in [7, 11) is 4.49. The van der Waals surface area contributed by atoms with Gasteiger partial charge in [-0.15, -0.1) is 12.4 Å². The quantitative estimate of drug-likeness (QED) is 0.184. The Balaban J connectivity index is 0.00000139. The molecule has 0 atom stereocenters. The molecule has 39 heavy (non-hydrogen) atoms. The molecule has 3 aromatic rings. The molecule has 5 nitrogen and oxygen atoms in total. The van der Waals surface area contributed by atoms with Gasteiger partial charge in [-0.1, -0.05) is 95.3 Å². The number of halogens is 1. The first-order valence-electron chi connectivity index (χ1n) is 13.3. The van der Waals surface area contributed by atoms with Crippen molar-refractivity contribution in [3.8, 4) is 11.5 Å². The summed E-state index contributed by atoms with van der Waals surface area (Å²) in [4.78, 5) is 0. The average Bonchev–Trinajstić information content (AvgIpc) is 2.81. The van der Waals surface area contributed by atoms with E-state index >= 15 is 0 Å². The minimum absolute atomic E-state index is 0. The Hall–Kier alpha value is -2.57. The van der Waals surface area contributed by atoms with E-state index in [-0.39, 0.29) is 24.0 Å². The molecule has 0 aromatic heterocycles. The van der Waals surface area contributed by atoms with E-state index in [1.165, 1.54) is 11.1 Å². The van der Waals surface area contributed by atoms with Crippen molar-refractivity contribution in [3.63, 3.8) is 0 Å². The molecule has 0 unspecified atom stereocenters. The zero-order valence-corrected chi connectivity index (χ0v) is 26.0. The van der Waals surface area contributed by atoms with Crippen molar-refractivity contribution in [2.45, 2.75) is 53.0 Å². The van der Waals surface area contributed by atoms with E-state index in [0.717, 1.165) is 36.3 Å². The maximum absolute atomic E-state index is 8.63. The molecule has 0 saturated carbocycles. The minimum atomic E-state index is 0. The van der Waals surface area contributed by atoms with Crippen LogP contribution < -0.4 is 10.9 Å². The van der Waals surface area contributed by atoms with Gasteiger partial charge in [0.05, 0.1) is 27.3 Å². The highest BCUT2D eigenvalue weighted by molar-refractivity contribution is 5.85. The van der Waals surface area contributed by atoms with Gasteiger partial charge in [-0.2, -0.15) is 0 Å². The zero-order valence-electron chi connectivity index (χ0n) is 25.2. The number of para-hydroxylation sites is 1. The number of quaternary nitrogens is 1. The predicted molar refractivity (Wildman–Crippen MR) is 167 cm³/mol. The first-order valence-corrected chi connectivity index (χ1v) is 13.3. The Morgan fingerprint density at radius 2 is 1.26 bits per heavy atom. The molecule has 0 aliphatic heterocycles. The lowest BCUT2D eigenvalue weighted by Crippen LogP contribution is -2.41. The molecule has 0 aliphatic carbocycles. The number of phenols is 1. The molecule has 0 fully saturated rings. The van der Waals surface area contributed by atoms with E-state index in [1.54, 1.807) is 24.3 Å². The van der Waals surface area contributed by atoms with Crippen LogP contribution in [0.4, 0.5) is 0 Å². The molecule has 0 radical (unpaired) electrons. The van der Waals surface area contributed by atoms with Crippen LogP contribution in [0.15, 0.2) is 84.9 Å². The second kappa shape index (κ2) is 17.2. The van der Waals surface area contributed by atoms with Crippen molar-refractivity contribution in [2.75, 3.05) is 40.5 Å². The third-order valence-electron chi connectivity index (χ3n) is 6.16. The van der Waals surface area contributed by atoms with E-state index in [2.05, 4.69) is 103 Å². The van der Waals surface area contributed by atoms with Gasteiger partial charge in [0.15, 0.2) is 0 Å². The minimum Gasteiger partial charge on any atom is -0.508 e. The molecular formula is C33H52ClN2O3+. The Morgan fingerprint density at radius 3 is 1.74 bits per heavy atom. The van der Waals surface area contributed by atoms with E-state index < -0.39 is 0 Å². The second-order valence-electron chi connectivity index (χ2n) is 12.2. The number of rotatable bonds is 11. The van der Waals surface area contributed by atoms with Crippen LogP contribution in [0, 0.1) is 5.41 Å². The molecule has 0 aliphatic rings. The highest BCUT2D eigenvalue weighted by Gasteiger charge is 2.27. The number of benzene rings is 3. The molecular weight excluding hydrogens is 508 g/mol. The molecule has 0 amide bonds. The topological polar surface area (TPSA) is 73.7 Å². The van der Waals surface area contributed by atoms with Gasteiger partial charge >= 0.3 is 0 Å². The largest absolute Gasteiger partial charge is 0.508 e. The monoisotopic (exact) mass is 559 g/mol. The van der Waals surface area contributed by atoms with Crippen molar-refractivity contribution in [1.82, 2.24) is 6.15 Å². The Labute approximate surface area is 243 Å². The van der Waals surface area contributed by atoms with Crippen LogP contribution in [0.25, 0.3) is 0 Å². The molecule has 0 bridgehead atoms. The zero-order chi connectivity index (χ0) is 27.4. The highest BCUT2D eigenvalue weighted by Crippen LogP contribution is 2.36. The van der Waals surface area contributed by atoms with Crippen molar-refractivity contribution in [1.29, 1.82) is 0 Å². The van der Waals surface area contributed by atoms with E-state index in [0.29, 0.717) is 24.4 Å². The first-order chi connectivity index (χ1) is 17.4. The van der Waals surface area contributed by atoms with Gasteiger partial charge in [0.1, 0.15) is 31.2 Å². The van der Waals surface area contributed by atoms with Crippen LogP contribution in [-0.2, 0) is 16.7 Å². The predicted octanol–water partition coefficient (Wildman–Crippen LogP) is 8.05. The molecule has 0 heterocycles. The standard InChI is InChI=1S/C27H42NO2.C6H6O.ClH.H3N/c1-26(2,3)22-27(4,5)24-13-15-25(16-14-24)30-20-19-29-18-17-28(6,7)21-23-11-9-8-10-12-23;7-6-4-2-1-3-5-6;;/h8-16H,17-22H2,1-7H3;1-5,7H;1H;1H3/q+1;;;. The smallest absolute Gasteiger partial charge is 0.119 e. The normalized spacial score (nSPS) is 11.4. The summed E-state index contributed by atoms with van der Waals surface area (Å²) in [5, 5.41) is 8.63. The number of hydrogen-bond donors (Lipinski definition) is 2. The summed E-state index contributed by atoms with van der Waals surface area (Å²) >= 11 is 0. The lowest BCUT2D eigenvalue weighted by Gasteiger charge is -2.33. The molecule has 0 spiro atoms. The van der Waals surface area contributed by atoms with Crippen LogP contribution in [0.2, 0.25) is 0 Å². The summed E-state index contributed by atoms with van der Waals surface area (Å²) in [6.07, 6.45) is 1.15. The number of nitrogens with zero attached hydrogens (tertiary/aromatic N) is 1. The van der Waals surface area contributed by atoms with E-state index in [9.17, 15) is 0 Å². The molecule has 218 valence electrons. The van der Waals surface area contributed by atoms with Gasteiger partial charge in [0.2, 0.25) is 0 Å². The number of hydrogen-bond acceptors (Lipinski definition) is 4. The molecule has 3 rings (SSSR count). The molecule has 4 N–H and O–H groups in total. The van der Waals surface area contributed by atoms with Gasteiger partial charge in [-0.05, 0) is 47.1 Å². The maximum Gasteiger partial charge on any atom is 0.119 e. The SMILES string of the molecule is CC(C)(C)CC(C)(C)c1ccc(OCCOCC[N+](C)(C)Cc2ccccc2)cc1.Cl.N.Oc1ccccc1. The van der Waals surface area contributed by atoms with Gasteiger partial charge in [-0.25, -0.2) is 0 Å². The van der Waals surface area contributed by atoms with Crippen molar-refractivity contribution in [2.24, 2.45) is 5.41 Å². The summed E-state index contributed by atoms with van der Waals surface area (Å²) in [6.45, 7) is 15.5. The first kappa shape index (κ1) is 36.4. The van der Waals surface area contributed by atoms with Crippen molar-refractivity contribution in [3.05, 3.63) is 96.1 Å². The van der Waals surface area contributed by atoms with Crippen LogP contribution >= 0.6 is 12.4 Å². The Bertz CT molecular complexity index is 1020. The summed E-state index contributed by atoms with van der Waals surface area (Å²) in [6, 6.07) is 27.9. The fourth-order valence-corrected chi connectivity index (χ4v) is 4.65. The fraction of sp³-hybridized carbons (Fsp3) is 0.455. The lowest BCUT2D eigenvalue weighted by molar-refractivity contribution is -0.904. The van der Waals surface area contributed by atoms with Crippen LogP contribution in [0.1, 0.15) is 52.2 Å². The van der Waals surface area contributed by atoms with Crippen LogP contribution in [-0.4, -0.2) is 50.1 Å². The Morgan fingerprint density at radius 1 is 0.718 bits per heavy atom. The fourth-order valence-electron chi connectivity index (χ4n) is 4.65. The molecule has 6 heteroatoms. The Kier molecular flexibility index (Phi) is 16.1. The van der Waals surface area contributed by atoms with Gasteiger partial charge < -0.3 is 25.2 Å². The van der Waals surface area contributed by atoms with Gasteiger partial charge in [0.25, 0.3) is 0 Å². The lowest BCUT2D eigenvalue weighted by atomic mass is 9.72. The number of ether oxygens (including phenoxy) is 2.